The van der Waals surface area contributed by atoms with Crippen LogP contribution < -0.4 is 5.73 Å². The Bertz CT molecular complexity index is 378. The first-order chi connectivity index (χ1) is 6.32. The first kappa shape index (κ1) is 10.8. The zero-order valence-electron chi connectivity index (χ0n) is 6.60. The third-order valence-corrected chi connectivity index (χ3v) is 1.58. The van der Waals surface area contributed by atoms with Crippen molar-refractivity contribution in [3.8, 4) is 0 Å². The van der Waals surface area contributed by atoms with Gasteiger partial charge in [-0.2, -0.15) is 13.2 Å². The minimum atomic E-state index is -4.99. The Kier molecular flexibility index (Phi) is 2.66. The van der Waals surface area contributed by atoms with E-state index in [0.717, 1.165) is 6.07 Å². The zero-order valence-corrected chi connectivity index (χ0v) is 7.36. The lowest BCUT2D eigenvalue weighted by atomic mass is 10.2. The molecule has 0 saturated carbocycles. The maximum absolute atomic E-state index is 12.0. The molecule has 3 nitrogen and oxygen atoms in total. The monoisotopic (exact) mass is 224 g/mol. The molecule has 0 unspecified atom stereocenters. The molecule has 0 aliphatic heterocycles. The minimum absolute atomic E-state index is 0.216. The van der Waals surface area contributed by atoms with E-state index >= 15 is 0 Å². The molecule has 14 heavy (non-hydrogen) atoms. The number of nitrogen functional groups attached to an aromatic ring is 1. The van der Waals surface area contributed by atoms with Gasteiger partial charge in [-0.1, -0.05) is 11.6 Å². The van der Waals surface area contributed by atoms with E-state index in [1.165, 1.54) is 6.07 Å². The number of Topliss-reactive ketones (excluding diaryl/α,β-unsaturated/α-hetero) is 1. The van der Waals surface area contributed by atoms with Crippen molar-refractivity contribution >= 4 is 23.1 Å². The highest BCUT2D eigenvalue weighted by Gasteiger charge is 2.41. The number of aromatic nitrogens is 1. The molecule has 0 aliphatic rings. The summed E-state index contributed by atoms with van der Waals surface area (Å²) in [6.45, 7) is 0. The summed E-state index contributed by atoms with van der Waals surface area (Å²) in [4.78, 5) is 13.9. The van der Waals surface area contributed by atoms with E-state index in [-0.39, 0.29) is 10.8 Å². The summed E-state index contributed by atoms with van der Waals surface area (Å²) in [6.07, 6.45) is -4.99. The predicted molar refractivity (Wildman–Crippen MR) is 44.0 cm³/mol. The second kappa shape index (κ2) is 3.45. The quantitative estimate of drug-likeness (QED) is 0.587. The van der Waals surface area contributed by atoms with Crippen molar-refractivity contribution in [1.82, 2.24) is 4.98 Å². The first-order valence-electron chi connectivity index (χ1n) is 3.36. The van der Waals surface area contributed by atoms with E-state index < -0.39 is 17.7 Å². The lowest BCUT2D eigenvalue weighted by Crippen LogP contribution is -2.25. The minimum Gasteiger partial charge on any atom is -0.397 e. The third kappa shape index (κ3) is 2.14. The van der Waals surface area contributed by atoms with Gasteiger partial charge in [0.15, 0.2) is 0 Å². The van der Waals surface area contributed by atoms with Crippen molar-refractivity contribution in [2.45, 2.75) is 6.18 Å². The SMILES string of the molecule is Nc1ccc(Cl)nc1C(=O)C(F)(F)F. The highest BCUT2D eigenvalue weighted by molar-refractivity contribution is 6.29. The van der Waals surface area contributed by atoms with Crippen LogP contribution in [0.2, 0.25) is 5.15 Å². The smallest absolute Gasteiger partial charge is 0.397 e. The van der Waals surface area contributed by atoms with E-state index in [0.29, 0.717) is 0 Å². The van der Waals surface area contributed by atoms with Crippen LogP contribution >= 0.6 is 11.6 Å². The van der Waals surface area contributed by atoms with Crippen LogP contribution in [0.25, 0.3) is 0 Å². The maximum atomic E-state index is 12.0. The molecule has 1 heterocycles. The number of carbonyl (C=O) groups excluding carboxylic acids is 1. The molecular weight excluding hydrogens is 221 g/mol. The Morgan fingerprint density at radius 1 is 1.43 bits per heavy atom. The van der Waals surface area contributed by atoms with E-state index in [9.17, 15) is 18.0 Å². The fourth-order valence-electron chi connectivity index (χ4n) is 0.762. The number of nitrogens with zero attached hydrogens (tertiary/aromatic N) is 1. The van der Waals surface area contributed by atoms with Gasteiger partial charge in [0.1, 0.15) is 10.8 Å². The molecule has 0 saturated heterocycles. The average Bonchev–Trinajstić information content (AvgIpc) is 2.06. The third-order valence-electron chi connectivity index (χ3n) is 1.37. The van der Waals surface area contributed by atoms with E-state index in [4.69, 9.17) is 17.3 Å². The Hall–Kier alpha value is -1.30. The Morgan fingerprint density at radius 3 is 2.50 bits per heavy atom. The van der Waals surface area contributed by atoms with Crippen molar-refractivity contribution < 1.29 is 18.0 Å². The fourth-order valence-corrected chi connectivity index (χ4v) is 0.910. The number of alkyl halides is 3. The highest BCUT2D eigenvalue weighted by atomic mass is 35.5. The highest BCUT2D eigenvalue weighted by Crippen LogP contribution is 2.24. The number of halogens is 4. The van der Waals surface area contributed by atoms with Gasteiger partial charge in [0.2, 0.25) is 0 Å². The van der Waals surface area contributed by atoms with Crippen molar-refractivity contribution in [3.63, 3.8) is 0 Å². The van der Waals surface area contributed by atoms with Crippen molar-refractivity contribution in [2.75, 3.05) is 5.73 Å². The molecule has 76 valence electrons. The van der Waals surface area contributed by atoms with E-state index in [2.05, 4.69) is 4.98 Å². The number of hydrogen-bond donors (Lipinski definition) is 1. The number of ketones is 1. The number of anilines is 1. The summed E-state index contributed by atoms with van der Waals surface area (Å²) < 4.78 is 35.9. The summed E-state index contributed by atoms with van der Waals surface area (Å²) in [6, 6.07) is 2.29. The number of nitrogens with two attached hydrogens (primary N) is 1. The summed E-state index contributed by atoms with van der Waals surface area (Å²) in [7, 11) is 0. The molecule has 0 aromatic carbocycles. The van der Waals surface area contributed by atoms with Crippen molar-refractivity contribution in [2.24, 2.45) is 0 Å². The first-order valence-corrected chi connectivity index (χ1v) is 3.73. The molecule has 0 radical (unpaired) electrons. The second-order valence-corrected chi connectivity index (χ2v) is 2.79. The lowest BCUT2D eigenvalue weighted by molar-refractivity contribution is -0.0887. The summed E-state index contributed by atoms with van der Waals surface area (Å²) >= 11 is 5.32. The van der Waals surface area contributed by atoms with Gasteiger partial charge in [0.25, 0.3) is 5.78 Å². The van der Waals surface area contributed by atoms with Crippen molar-refractivity contribution in [3.05, 3.63) is 23.0 Å². The molecule has 7 heteroatoms. The molecule has 0 atom stereocenters. The zero-order chi connectivity index (χ0) is 10.9. The van der Waals surface area contributed by atoms with Gasteiger partial charge >= 0.3 is 6.18 Å². The largest absolute Gasteiger partial charge is 0.456 e. The Morgan fingerprint density at radius 2 is 2.00 bits per heavy atom. The van der Waals surface area contributed by atoms with E-state index in [1.807, 2.05) is 0 Å². The second-order valence-electron chi connectivity index (χ2n) is 2.40. The summed E-state index contributed by atoms with van der Waals surface area (Å²) in [5, 5.41) is -0.216. The standard InChI is InChI=1S/C7H4ClF3N2O/c8-4-2-1-3(12)5(13-4)6(14)7(9,10)11/h1-2H,12H2. The van der Waals surface area contributed by atoms with Crippen LogP contribution in [0.1, 0.15) is 10.5 Å². The molecule has 0 amide bonds. The average molecular weight is 225 g/mol. The van der Waals surface area contributed by atoms with Gasteiger partial charge in [-0.25, -0.2) is 4.98 Å². The molecule has 2 N–H and O–H groups in total. The summed E-state index contributed by atoms with van der Waals surface area (Å²) in [5.74, 6) is -2.10. The number of hydrogen-bond acceptors (Lipinski definition) is 3. The molecule has 0 fully saturated rings. The van der Waals surface area contributed by atoms with Gasteiger partial charge in [0, 0.05) is 0 Å². The Labute approximate surface area is 81.7 Å². The molecule has 0 aliphatic carbocycles. The molecule has 0 spiro atoms. The molecular formula is C7H4ClF3N2O. The van der Waals surface area contributed by atoms with Crippen LogP contribution in [-0.4, -0.2) is 16.9 Å². The lowest BCUT2D eigenvalue weighted by Gasteiger charge is -2.06. The number of carbonyl (C=O) groups is 1. The van der Waals surface area contributed by atoms with Gasteiger partial charge in [-0.3, -0.25) is 4.79 Å². The fraction of sp³-hybridized carbons (Fsp3) is 0.143. The van der Waals surface area contributed by atoms with Crippen LogP contribution in [0.3, 0.4) is 0 Å². The predicted octanol–water partition coefficient (Wildman–Crippen LogP) is 2.06. The van der Waals surface area contributed by atoms with Crippen LogP contribution in [-0.2, 0) is 0 Å². The maximum Gasteiger partial charge on any atom is 0.456 e. The molecule has 1 aromatic rings. The summed E-state index contributed by atoms with van der Waals surface area (Å²) in [5.41, 5.74) is 3.92. The molecule has 0 bridgehead atoms. The van der Waals surface area contributed by atoms with Gasteiger partial charge in [-0.15, -0.1) is 0 Å². The van der Waals surface area contributed by atoms with Gasteiger partial charge in [-0.05, 0) is 12.1 Å². The van der Waals surface area contributed by atoms with Crippen LogP contribution in [0.15, 0.2) is 12.1 Å². The van der Waals surface area contributed by atoms with Crippen LogP contribution in [0.4, 0.5) is 18.9 Å². The van der Waals surface area contributed by atoms with Crippen LogP contribution in [0, 0.1) is 0 Å². The Balaban J connectivity index is 3.19. The topological polar surface area (TPSA) is 56.0 Å². The normalized spacial score (nSPS) is 11.4. The van der Waals surface area contributed by atoms with Crippen LogP contribution in [0.5, 0.6) is 0 Å². The number of rotatable bonds is 1. The van der Waals surface area contributed by atoms with Gasteiger partial charge < -0.3 is 5.73 Å². The molecule has 1 aromatic heterocycles. The van der Waals surface area contributed by atoms with Crippen molar-refractivity contribution in [1.29, 1.82) is 0 Å². The number of pyridine rings is 1. The van der Waals surface area contributed by atoms with Gasteiger partial charge in [0.05, 0.1) is 5.69 Å². The van der Waals surface area contributed by atoms with E-state index in [1.54, 1.807) is 0 Å². The molecule has 1 rings (SSSR count).